The van der Waals surface area contributed by atoms with Crippen molar-refractivity contribution >= 4 is 11.7 Å². The lowest BCUT2D eigenvalue weighted by molar-refractivity contribution is -0.138. The lowest BCUT2D eigenvalue weighted by Gasteiger charge is -2.08. The van der Waals surface area contributed by atoms with Gasteiger partial charge in [-0.05, 0) is 18.6 Å². The van der Waals surface area contributed by atoms with Gasteiger partial charge in [-0.1, -0.05) is 18.2 Å². The molecule has 0 aliphatic rings. The highest BCUT2D eigenvalue weighted by Crippen LogP contribution is 2.21. The van der Waals surface area contributed by atoms with Gasteiger partial charge in [0.1, 0.15) is 0 Å². The summed E-state index contributed by atoms with van der Waals surface area (Å²) >= 11 is 0. The van der Waals surface area contributed by atoms with E-state index in [4.69, 9.17) is 10.8 Å². The van der Waals surface area contributed by atoms with Crippen LogP contribution in [0.15, 0.2) is 24.3 Å². The van der Waals surface area contributed by atoms with Gasteiger partial charge in [0.25, 0.3) is 0 Å². The molecule has 0 heterocycles. The number of nitrogens with two attached hydrogens (primary N) is 1. The highest BCUT2D eigenvalue weighted by Gasteiger charge is 2.15. The summed E-state index contributed by atoms with van der Waals surface area (Å²) in [6.45, 7) is 1.62. The third-order valence-corrected chi connectivity index (χ3v) is 1.83. The first-order valence-corrected chi connectivity index (χ1v) is 3.70. The van der Waals surface area contributed by atoms with E-state index >= 15 is 0 Å². The van der Waals surface area contributed by atoms with Gasteiger partial charge in [0.2, 0.25) is 0 Å². The van der Waals surface area contributed by atoms with Crippen LogP contribution in [0.2, 0.25) is 0 Å². The minimum absolute atomic E-state index is 0.535. The number of hydrogen-bond donors (Lipinski definition) is 2. The maximum Gasteiger partial charge on any atom is 0.310 e. The number of carbonyl (C=O) groups is 1. The number of nitrogen functional groups attached to an aromatic ring is 1. The summed E-state index contributed by atoms with van der Waals surface area (Å²) in [4.78, 5) is 10.6. The molecule has 0 radical (unpaired) electrons. The average molecular weight is 165 g/mol. The van der Waals surface area contributed by atoms with Gasteiger partial charge >= 0.3 is 5.97 Å². The standard InChI is InChI=1S/C9H11NO2/c1-6(9(11)12)7-4-2-3-5-8(7)10/h2-6H,10H2,1H3,(H,11,12)/t6-/m0/s1. The van der Waals surface area contributed by atoms with Crippen molar-refractivity contribution in [1.29, 1.82) is 0 Å². The van der Waals surface area contributed by atoms with E-state index in [0.717, 1.165) is 0 Å². The van der Waals surface area contributed by atoms with Gasteiger partial charge in [-0.3, -0.25) is 4.79 Å². The SMILES string of the molecule is C[C@H](C(=O)O)c1ccccc1N. The highest BCUT2D eigenvalue weighted by molar-refractivity contribution is 5.77. The van der Waals surface area contributed by atoms with Gasteiger partial charge in [-0.15, -0.1) is 0 Å². The zero-order chi connectivity index (χ0) is 9.14. The van der Waals surface area contributed by atoms with Crippen molar-refractivity contribution in [2.45, 2.75) is 12.8 Å². The molecule has 0 aromatic heterocycles. The van der Waals surface area contributed by atoms with Gasteiger partial charge in [-0.2, -0.15) is 0 Å². The van der Waals surface area contributed by atoms with Crippen LogP contribution in [0.4, 0.5) is 5.69 Å². The average Bonchev–Trinajstić information content (AvgIpc) is 2.04. The van der Waals surface area contributed by atoms with E-state index in [1.54, 1.807) is 31.2 Å². The zero-order valence-electron chi connectivity index (χ0n) is 6.82. The number of para-hydroxylation sites is 1. The van der Waals surface area contributed by atoms with E-state index in [1.165, 1.54) is 0 Å². The quantitative estimate of drug-likeness (QED) is 0.652. The summed E-state index contributed by atoms with van der Waals surface area (Å²) < 4.78 is 0. The van der Waals surface area contributed by atoms with Crippen molar-refractivity contribution in [2.75, 3.05) is 5.73 Å². The second kappa shape index (κ2) is 3.26. The Hall–Kier alpha value is -1.51. The van der Waals surface area contributed by atoms with Crippen LogP contribution >= 0.6 is 0 Å². The fourth-order valence-electron chi connectivity index (χ4n) is 1.04. The summed E-state index contributed by atoms with van der Waals surface area (Å²) in [6.07, 6.45) is 0. The smallest absolute Gasteiger partial charge is 0.310 e. The Morgan fingerprint density at radius 1 is 1.50 bits per heavy atom. The third-order valence-electron chi connectivity index (χ3n) is 1.83. The first kappa shape index (κ1) is 8.59. The van der Waals surface area contributed by atoms with E-state index < -0.39 is 11.9 Å². The van der Waals surface area contributed by atoms with E-state index in [9.17, 15) is 4.79 Å². The largest absolute Gasteiger partial charge is 0.481 e. The lowest BCUT2D eigenvalue weighted by atomic mass is 10.00. The maximum atomic E-state index is 10.6. The van der Waals surface area contributed by atoms with Gasteiger partial charge in [0, 0.05) is 5.69 Å². The van der Waals surface area contributed by atoms with Gasteiger partial charge in [0.05, 0.1) is 5.92 Å². The van der Waals surface area contributed by atoms with Crippen molar-refractivity contribution in [3.63, 3.8) is 0 Å². The predicted molar refractivity (Wildman–Crippen MR) is 46.9 cm³/mol. The molecule has 3 heteroatoms. The Balaban J connectivity index is 3.02. The Morgan fingerprint density at radius 2 is 2.08 bits per heavy atom. The van der Waals surface area contributed by atoms with Crippen LogP contribution in [0.3, 0.4) is 0 Å². The molecular formula is C9H11NO2. The van der Waals surface area contributed by atoms with Crippen molar-refractivity contribution in [1.82, 2.24) is 0 Å². The Bertz CT molecular complexity index is 296. The van der Waals surface area contributed by atoms with Gasteiger partial charge < -0.3 is 10.8 Å². The molecule has 3 nitrogen and oxygen atoms in total. The van der Waals surface area contributed by atoms with Crippen molar-refractivity contribution in [2.24, 2.45) is 0 Å². The molecule has 0 unspecified atom stereocenters. The number of anilines is 1. The molecule has 1 rings (SSSR count). The molecule has 0 amide bonds. The molecule has 0 bridgehead atoms. The van der Waals surface area contributed by atoms with E-state index in [2.05, 4.69) is 0 Å². The van der Waals surface area contributed by atoms with E-state index in [0.29, 0.717) is 11.3 Å². The van der Waals surface area contributed by atoms with Crippen molar-refractivity contribution < 1.29 is 9.90 Å². The molecule has 3 N–H and O–H groups in total. The Morgan fingerprint density at radius 3 is 2.58 bits per heavy atom. The van der Waals surface area contributed by atoms with Crippen molar-refractivity contribution in [3.05, 3.63) is 29.8 Å². The van der Waals surface area contributed by atoms with Crippen LogP contribution in [-0.2, 0) is 4.79 Å². The Kier molecular flexibility index (Phi) is 2.33. The third kappa shape index (κ3) is 1.56. The normalized spacial score (nSPS) is 12.4. The number of aliphatic carboxylic acids is 1. The molecule has 0 spiro atoms. The molecule has 0 aliphatic carbocycles. The fourth-order valence-corrected chi connectivity index (χ4v) is 1.04. The topological polar surface area (TPSA) is 63.3 Å². The van der Waals surface area contributed by atoms with E-state index in [1.807, 2.05) is 0 Å². The van der Waals surface area contributed by atoms with Crippen LogP contribution in [0.1, 0.15) is 18.4 Å². The minimum Gasteiger partial charge on any atom is -0.481 e. The van der Waals surface area contributed by atoms with Crippen LogP contribution in [-0.4, -0.2) is 11.1 Å². The van der Waals surface area contributed by atoms with Gasteiger partial charge in [-0.25, -0.2) is 0 Å². The molecular weight excluding hydrogens is 154 g/mol. The zero-order valence-corrected chi connectivity index (χ0v) is 6.82. The summed E-state index contributed by atoms with van der Waals surface area (Å²) in [5.74, 6) is -1.39. The molecule has 12 heavy (non-hydrogen) atoms. The number of hydrogen-bond acceptors (Lipinski definition) is 2. The van der Waals surface area contributed by atoms with Crippen LogP contribution in [0.25, 0.3) is 0 Å². The molecule has 64 valence electrons. The lowest BCUT2D eigenvalue weighted by Crippen LogP contribution is -2.09. The molecule has 0 saturated carbocycles. The van der Waals surface area contributed by atoms with E-state index in [-0.39, 0.29) is 0 Å². The number of carboxylic acids is 1. The molecule has 0 saturated heterocycles. The molecule has 0 fully saturated rings. The van der Waals surface area contributed by atoms with Crippen LogP contribution in [0.5, 0.6) is 0 Å². The number of benzene rings is 1. The monoisotopic (exact) mass is 165 g/mol. The summed E-state index contributed by atoms with van der Waals surface area (Å²) in [5.41, 5.74) is 6.80. The predicted octanol–water partition coefficient (Wildman–Crippen LogP) is 1.46. The van der Waals surface area contributed by atoms with Crippen molar-refractivity contribution in [3.8, 4) is 0 Å². The molecule has 1 atom stereocenters. The fraction of sp³-hybridized carbons (Fsp3) is 0.222. The first-order chi connectivity index (χ1) is 5.63. The first-order valence-electron chi connectivity index (χ1n) is 3.70. The molecule has 1 aromatic carbocycles. The summed E-state index contributed by atoms with van der Waals surface area (Å²) in [6, 6.07) is 7.00. The second-order valence-corrected chi connectivity index (χ2v) is 2.69. The second-order valence-electron chi connectivity index (χ2n) is 2.69. The summed E-state index contributed by atoms with van der Waals surface area (Å²) in [7, 11) is 0. The van der Waals surface area contributed by atoms with Crippen LogP contribution < -0.4 is 5.73 Å². The Labute approximate surface area is 70.8 Å². The summed E-state index contributed by atoms with van der Waals surface area (Å²) in [5, 5.41) is 8.70. The maximum absolute atomic E-state index is 10.6. The molecule has 1 aromatic rings. The molecule has 0 aliphatic heterocycles. The van der Waals surface area contributed by atoms with Crippen LogP contribution in [0, 0.1) is 0 Å². The number of rotatable bonds is 2. The van der Waals surface area contributed by atoms with Gasteiger partial charge in [0.15, 0.2) is 0 Å². The highest BCUT2D eigenvalue weighted by atomic mass is 16.4. The number of carboxylic acid groups (broad SMARTS) is 1. The minimum atomic E-state index is -0.854.